The fourth-order valence-electron chi connectivity index (χ4n) is 3.20. The van der Waals surface area contributed by atoms with Gasteiger partial charge in [-0.25, -0.2) is 0 Å². The van der Waals surface area contributed by atoms with E-state index in [9.17, 15) is 4.79 Å². The Morgan fingerprint density at radius 2 is 2.05 bits per heavy atom. The number of methoxy groups -OCH3 is 1. The number of hydrogen-bond acceptors (Lipinski definition) is 3. The third-order valence-corrected chi connectivity index (χ3v) is 4.39. The zero-order valence-corrected chi connectivity index (χ0v) is 13.0. The SMILES string of the molecule is CCCC1CCC(Nc2cc(C(N)=O)ccc2OC)CC1. The highest BCUT2D eigenvalue weighted by molar-refractivity contribution is 5.94. The maximum Gasteiger partial charge on any atom is 0.248 e. The second kappa shape index (κ2) is 7.34. The summed E-state index contributed by atoms with van der Waals surface area (Å²) >= 11 is 0. The first kappa shape index (κ1) is 15.7. The van der Waals surface area contributed by atoms with Crippen LogP contribution in [0.25, 0.3) is 0 Å². The number of primary amides is 1. The number of rotatable bonds is 6. The first-order valence-electron chi connectivity index (χ1n) is 7.88. The molecule has 116 valence electrons. The molecule has 1 aromatic carbocycles. The van der Waals surface area contributed by atoms with Crippen LogP contribution in [0.2, 0.25) is 0 Å². The van der Waals surface area contributed by atoms with Gasteiger partial charge in [-0.05, 0) is 49.8 Å². The summed E-state index contributed by atoms with van der Waals surface area (Å²) in [6.07, 6.45) is 7.53. The van der Waals surface area contributed by atoms with Gasteiger partial charge in [-0.1, -0.05) is 19.8 Å². The van der Waals surface area contributed by atoms with Crippen molar-refractivity contribution < 1.29 is 9.53 Å². The lowest BCUT2D eigenvalue weighted by Gasteiger charge is -2.30. The summed E-state index contributed by atoms with van der Waals surface area (Å²) in [5, 5.41) is 3.53. The molecule has 0 saturated heterocycles. The Bertz CT molecular complexity index is 480. The molecule has 1 aliphatic carbocycles. The summed E-state index contributed by atoms with van der Waals surface area (Å²) < 4.78 is 5.37. The number of carbonyl (C=O) groups excluding carboxylic acids is 1. The fraction of sp³-hybridized carbons (Fsp3) is 0.588. The molecule has 1 aliphatic rings. The molecule has 1 amide bonds. The Kier molecular flexibility index (Phi) is 5.48. The largest absolute Gasteiger partial charge is 0.495 e. The lowest BCUT2D eigenvalue weighted by Crippen LogP contribution is -2.26. The number of nitrogens with two attached hydrogens (primary N) is 1. The average molecular weight is 290 g/mol. The molecule has 0 heterocycles. The molecule has 0 radical (unpaired) electrons. The van der Waals surface area contributed by atoms with E-state index in [4.69, 9.17) is 10.5 Å². The molecule has 0 spiro atoms. The van der Waals surface area contributed by atoms with Gasteiger partial charge in [0.05, 0.1) is 12.8 Å². The van der Waals surface area contributed by atoms with Crippen LogP contribution >= 0.6 is 0 Å². The molecular weight excluding hydrogens is 264 g/mol. The van der Waals surface area contributed by atoms with E-state index in [1.54, 1.807) is 25.3 Å². The maximum atomic E-state index is 11.3. The highest BCUT2D eigenvalue weighted by atomic mass is 16.5. The smallest absolute Gasteiger partial charge is 0.248 e. The van der Waals surface area contributed by atoms with Gasteiger partial charge in [0.15, 0.2) is 0 Å². The molecule has 1 aromatic rings. The molecule has 0 atom stereocenters. The molecule has 1 fully saturated rings. The molecule has 3 N–H and O–H groups in total. The van der Waals surface area contributed by atoms with E-state index in [0.29, 0.717) is 11.6 Å². The first-order chi connectivity index (χ1) is 10.1. The molecule has 0 aliphatic heterocycles. The summed E-state index contributed by atoms with van der Waals surface area (Å²) in [6, 6.07) is 5.74. The van der Waals surface area contributed by atoms with Crippen molar-refractivity contribution in [1.82, 2.24) is 0 Å². The number of hydrogen-bond donors (Lipinski definition) is 2. The van der Waals surface area contributed by atoms with Gasteiger partial charge in [-0.15, -0.1) is 0 Å². The summed E-state index contributed by atoms with van der Waals surface area (Å²) in [5.41, 5.74) is 6.73. The van der Waals surface area contributed by atoms with Crippen LogP contribution in [0.4, 0.5) is 5.69 Å². The van der Waals surface area contributed by atoms with Crippen molar-refractivity contribution in [3.05, 3.63) is 23.8 Å². The quantitative estimate of drug-likeness (QED) is 0.842. The van der Waals surface area contributed by atoms with E-state index in [1.807, 2.05) is 0 Å². The molecule has 1 saturated carbocycles. The van der Waals surface area contributed by atoms with Gasteiger partial charge >= 0.3 is 0 Å². The van der Waals surface area contributed by atoms with Crippen LogP contribution in [0.5, 0.6) is 5.75 Å². The van der Waals surface area contributed by atoms with Crippen LogP contribution in [0, 0.1) is 5.92 Å². The topological polar surface area (TPSA) is 64.3 Å². The molecule has 21 heavy (non-hydrogen) atoms. The van der Waals surface area contributed by atoms with E-state index >= 15 is 0 Å². The average Bonchev–Trinajstić information content (AvgIpc) is 2.49. The van der Waals surface area contributed by atoms with Crippen LogP contribution in [-0.2, 0) is 0 Å². The van der Waals surface area contributed by atoms with E-state index in [2.05, 4.69) is 12.2 Å². The molecule has 0 aromatic heterocycles. The van der Waals surface area contributed by atoms with Crippen molar-refractivity contribution in [1.29, 1.82) is 0 Å². The number of anilines is 1. The highest BCUT2D eigenvalue weighted by Gasteiger charge is 2.21. The van der Waals surface area contributed by atoms with Gasteiger partial charge in [-0.3, -0.25) is 4.79 Å². The van der Waals surface area contributed by atoms with E-state index in [1.165, 1.54) is 38.5 Å². The number of carbonyl (C=O) groups is 1. The minimum absolute atomic E-state index is 0.410. The highest BCUT2D eigenvalue weighted by Crippen LogP contribution is 2.32. The minimum Gasteiger partial charge on any atom is -0.495 e. The van der Waals surface area contributed by atoms with Crippen molar-refractivity contribution in [3.63, 3.8) is 0 Å². The lowest BCUT2D eigenvalue weighted by molar-refractivity contribution is 0.100. The second-order valence-corrected chi connectivity index (χ2v) is 5.93. The van der Waals surface area contributed by atoms with Gasteiger partial charge in [0.25, 0.3) is 0 Å². The number of amides is 1. The van der Waals surface area contributed by atoms with E-state index < -0.39 is 5.91 Å². The van der Waals surface area contributed by atoms with Crippen LogP contribution < -0.4 is 15.8 Å². The van der Waals surface area contributed by atoms with Crippen LogP contribution in [0.1, 0.15) is 55.8 Å². The molecule has 4 heteroatoms. The first-order valence-corrected chi connectivity index (χ1v) is 7.88. The lowest BCUT2D eigenvalue weighted by atomic mass is 9.83. The van der Waals surface area contributed by atoms with Gasteiger partial charge in [0.1, 0.15) is 5.75 Å². The molecule has 0 unspecified atom stereocenters. The fourth-order valence-corrected chi connectivity index (χ4v) is 3.20. The maximum absolute atomic E-state index is 11.3. The standard InChI is InChI=1S/C17H26N2O2/c1-3-4-12-5-8-14(9-6-12)19-15-11-13(17(18)20)7-10-16(15)21-2/h7,10-12,14,19H,3-6,8-9H2,1-2H3,(H2,18,20). The van der Waals surface area contributed by atoms with Crippen molar-refractivity contribution in [2.45, 2.75) is 51.5 Å². The summed E-state index contributed by atoms with van der Waals surface area (Å²) in [6.45, 7) is 2.25. The summed E-state index contributed by atoms with van der Waals surface area (Å²) in [4.78, 5) is 11.3. The Morgan fingerprint density at radius 3 is 2.62 bits per heavy atom. The van der Waals surface area contributed by atoms with Crippen molar-refractivity contribution in [2.75, 3.05) is 12.4 Å². The summed E-state index contributed by atoms with van der Waals surface area (Å²) in [7, 11) is 1.64. The monoisotopic (exact) mass is 290 g/mol. The Labute approximate surface area is 127 Å². The van der Waals surface area contributed by atoms with Gasteiger partial charge in [0, 0.05) is 11.6 Å². The van der Waals surface area contributed by atoms with Gasteiger partial charge in [-0.2, -0.15) is 0 Å². The third-order valence-electron chi connectivity index (χ3n) is 4.39. The zero-order chi connectivity index (χ0) is 15.2. The second-order valence-electron chi connectivity index (χ2n) is 5.93. The molecule has 4 nitrogen and oxygen atoms in total. The zero-order valence-electron chi connectivity index (χ0n) is 13.0. The predicted molar refractivity (Wildman–Crippen MR) is 85.8 cm³/mol. The minimum atomic E-state index is -0.410. The van der Waals surface area contributed by atoms with Crippen LogP contribution in [0.15, 0.2) is 18.2 Å². The predicted octanol–water partition coefficient (Wildman–Crippen LogP) is 3.56. The van der Waals surface area contributed by atoms with Crippen molar-refractivity contribution >= 4 is 11.6 Å². The van der Waals surface area contributed by atoms with Gasteiger partial charge in [0.2, 0.25) is 5.91 Å². The van der Waals surface area contributed by atoms with E-state index in [-0.39, 0.29) is 0 Å². The summed E-state index contributed by atoms with van der Waals surface area (Å²) in [5.74, 6) is 1.23. The molecule has 2 rings (SSSR count). The Morgan fingerprint density at radius 1 is 1.33 bits per heavy atom. The third kappa shape index (κ3) is 4.13. The van der Waals surface area contributed by atoms with Crippen molar-refractivity contribution in [2.24, 2.45) is 11.7 Å². The number of benzene rings is 1. The van der Waals surface area contributed by atoms with E-state index in [0.717, 1.165) is 17.4 Å². The van der Waals surface area contributed by atoms with Crippen molar-refractivity contribution in [3.8, 4) is 5.75 Å². The number of ether oxygens (including phenoxy) is 1. The number of nitrogens with one attached hydrogen (secondary N) is 1. The Balaban J connectivity index is 2.02. The van der Waals surface area contributed by atoms with Crippen LogP contribution in [-0.4, -0.2) is 19.1 Å². The molecular formula is C17H26N2O2. The van der Waals surface area contributed by atoms with Crippen LogP contribution in [0.3, 0.4) is 0 Å². The Hall–Kier alpha value is -1.71. The molecule has 0 bridgehead atoms. The van der Waals surface area contributed by atoms with Gasteiger partial charge < -0.3 is 15.8 Å². The normalized spacial score (nSPS) is 21.8.